The number of rotatable bonds is 2. The van der Waals surface area contributed by atoms with Crippen LogP contribution in [0.4, 0.5) is 0 Å². The first-order valence-corrected chi connectivity index (χ1v) is 7.64. The second-order valence-corrected chi connectivity index (χ2v) is 6.37. The minimum absolute atomic E-state index is 0.0468. The zero-order valence-electron chi connectivity index (χ0n) is 11.1. The Balaban J connectivity index is 1.76. The van der Waals surface area contributed by atoms with Crippen molar-refractivity contribution in [2.24, 2.45) is 5.92 Å². The number of hydrogen-bond acceptors (Lipinski definition) is 2. The molecular weight excluding hydrogens is 260 g/mol. The fourth-order valence-electron chi connectivity index (χ4n) is 3.67. The molecule has 2 nitrogen and oxygen atoms in total. The van der Waals surface area contributed by atoms with E-state index in [2.05, 4.69) is 0 Å². The maximum Gasteiger partial charge on any atom is 0.0834 e. The molecule has 1 aliphatic carbocycles. The molecule has 0 radical (unpaired) electrons. The molecule has 3 rings (SSSR count). The molecule has 0 bridgehead atoms. The highest BCUT2D eigenvalue weighted by molar-refractivity contribution is 6.31. The van der Waals surface area contributed by atoms with E-state index < -0.39 is 6.10 Å². The van der Waals surface area contributed by atoms with Crippen molar-refractivity contribution >= 4 is 11.6 Å². The number of hydrogen-bond donors (Lipinski definition) is 1. The van der Waals surface area contributed by atoms with Crippen LogP contribution in [0.2, 0.25) is 5.02 Å². The van der Waals surface area contributed by atoms with Crippen LogP contribution in [0.5, 0.6) is 0 Å². The number of benzene rings is 1. The topological polar surface area (TPSA) is 29.5 Å². The van der Waals surface area contributed by atoms with Crippen LogP contribution >= 0.6 is 11.6 Å². The molecule has 1 aliphatic heterocycles. The van der Waals surface area contributed by atoms with Gasteiger partial charge in [-0.3, -0.25) is 0 Å². The van der Waals surface area contributed by atoms with Gasteiger partial charge in [0.25, 0.3) is 0 Å². The van der Waals surface area contributed by atoms with Crippen LogP contribution in [0.1, 0.15) is 50.2 Å². The molecule has 19 heavy (non-hydrogen) atoms. The molecule has 1 N–H and O–H groups in total. The first kappa shape index (κ1) is 13.4. The molecule has 104 valence electrons. The highest BCUT2D eigenvalue weighted by Crippen LogP contribution is 2.45. The van der Waals surface area contributed by atoms with Crippen LogP contribution in [0, 0.1) is 5.92 Å². The van der Waals surface area contributed by atoms with Crippen LogP contribution in [0.15, 0.2) is 24.3 Å². The quantitative estimate of drug-likeness (QED) is 0.883. The Kier molecular flexibility index (Phi) is 3.84. The van der Waals surface area contributed by atoms with E-state index in [1.54, 1.807) is 0 Å². The lowest BCUT2D eigenvalue weighted by Gasteiger charge is -2.40. The summed E-state index contributed by atoms with van der Waals surface area (Å²) in [6.45, 7) is 0.770. The van der Waals surface area contributed by atoms with E-state index in [0.29, 0.717) is 5.02 Å². The zero-order chi connectivity index (χ0) is 13.3. The van der Waals surface area contributed by atoms with E-state index in [0.717, 1.165) is 37.9 Å². The van der Waals surface area contributed by atoms with Gasteiger partial charge >= 0.3 is 0 Å². The maximum absolute atomic E-state index is 10.6. The Morgan fingerprint density at radius 2 is 2.00 bits per heavy atom. The van der Waals surface area contributed by atoms with Gasteiger partial charge in [0, 0.05) is 11.6 Å². The van der Waals surface area contributed by atoms with Crippen LogP contribution in [0.25, 0.3) is 0 Å². The smallest absolute Gasteiger partial charge is 0.0834 e. The van der Waals surface area contributed by atoms with E-state index in [4.69, 9.17) is 16.3 Å². The summed E-state index contributed by atoms with van der Waals surface area (Å²) in [7, 11) is 0. The molecule has 1 saturated heterocycles. The average Bonchev–Trinajstić information content (AvgIpc) is 2.86. The normalized spacial score (nSPS) is 27.6. The Morgan fingerprint density at radius 1 is 1.26 bits per heavy atom. The molecule has 2 unspecified atom stereocenters. The predicted octanol–water partition coefficient (Wildman–Crippen LogP) is 4.11. The van der Waals surface area contributed by atoms with E-state index >= 15 is 0 Å². The lowest BCUT2D eigenvalue weighted by atomic mass is 9.80. The average molecular weight is 281 g/mol. The van der Waals surface area contributed by atoms with E-state index in [1.165, 1.54) is 12.8 Å². The summed E-state index contributed by atoms with van der Waals surface area (Å²) in [5.41, 5.74) is 0.912. The molecule has 0 aromatic heterocycles. The Labute approximate surface area is 119 Å². The second kappa shape index (κ2) is 5.43. The zero-order valence-corrected chi connectivity index (χ0v) is 11.9. The maximum atomic E-state index is 10.6. The number of halogens is 1. The summed E-state index contributed by atoms with van der Waals surface area (Å²) in [6, 6.07) is 7.63. The van der Waals surface area contributed by atoms with Crippen molar-refractivity contribution in [1.82, 2.24) is 0 Å². The van der Waals surface area contributed by atoms with Crippen molar-refractivity contribution in [2.75, 3.05) is 6.61 Å². The van der Waals surface area contributed by atoms with Crippen LogP contribution in [-0.2, 0) is 4.74 Å². The molecule has 1 heterocycles. The lowest BCUT2D eigenvalue weighted by molar-refractivity contribution is -0.113. The van der Waals surface area contributed by atoms with Gasteiger partial charge in [-0.2, -0.15) is 0 Å². The fraction of sp³-hybridized carbons (Fsp3) is 0.625. The van der Waals surface area contributed by atoms with Gasteiger partial charge in [-0.1, -0.05) is 42.6 Å². The highest BCUT2D eigenvalue weighted by atomic mass is 35.5. The van der Waals surface area contributed by atoms with Crippen molar-refractivity contribution in [3.05, 3.63) is 34.9 Å². The molecule has 1 spiro atoms. The van der Waals surface area contributed by atoms with Gasteiger partial charge in [0.1, 0.15) is 0 Å². The fourth-order valence-corrected chi connectivity index (χ4v) is 3.92. The Morgan fingerprint density at radius 3 is 2.74 bits per heavy atom. The first-order valence-electron chi connectivity index (χ1n) is 7.27. The van der Waals surface area contributed by atoms with Gasteiger partial charge in [-0.15, -0.1) is 0 Å². The monoisotopic (exact) mass is 280 g/mol. The summed E-state index contributed by atoms with van der Waals surface area (Å²) in [5.74, 6) is 0.270. The molecule has 2 atom stereocenters. The summed E-state index contributed by atoms with van der Waals surface area (Å²) >= 11 is 6.20. The van der Waals surface area contributed by atoms with Crippen LogP contribution in [-0.4, -0.2) is 17.3 Å². The minimum atomic E-state index is -0.463. The van der Waals surface area contributed by atoms with Crippen LogP contribution < -0.4 is 0 Å². The van der Waals surface area contributed by atoms with Gasteiger partial charge in [0.2, 0.25) is 0 Å². The van der Waals surface area contributed by atoms with Gasteiger partial charge in [-0.05, 0) is 43.2 Å². The number of aliphatic hydroxyl groups is 1. The van der Waals surface area contributed by atoms with Crippen molar-refractivity contribution in [1.29, 1.82) is 0 Å². The Hall–Kier alpha value is -0.570. The summed E-state index contributed by atoms with van der Waals surface area (Å²) in [5, 5.41) is 11.3. The largest absolute Gasteiger partial charge is 0.388 e. The van der Waals surface area contributed by atoms with Gasteiger partial charge in [0.05, 0.1) is 11.7 Å². The number of aliphatic hydroxyl groups excluding tert-OH is 1. The second-order valence-electron chi connectivity index (χ2n) is 5.96. The third-order valence-electron chi connectivity index (χ3n) is 4.72. The van der Waals surface area contributed by atoms with Crippen molar-refractivity contribution in [3.63, 3.8) is 0 Å². The lowest BCUT2D eigenvalue weighted by Crippen LogP contribution is -2.39. The van der Waals surface area contributed by atoms with Crippen LogP contribution in [0.3, 0.4) is 0 Å². The molecule has 1 saturated carbocycles. The summed E-state index contributed by atoms with van der Waals surface area (Å²) in [4.78, 5) is 0. The molecule has 1 aromatic rings. The number of ether oxygens (including phenoxy) is 1. The molecular formula is C16H21ClO2. The van der Waals surface area contributed by atoms with Crippen molar-refractivity contribution < 1.29 is 9.84 Å². The van der Waals surface area contributed by atoms with Gasteiger partial charge < -0.3 is 9.84 Å². The molecule has 2 fully saturated rings. The molecule has 0 amide bonds. The summed E-state index contributed by atoms with van der Waals surface area (Å²) < 4.78 is 6.03. The third-order valence-corrected chi connectivity index (χ3v) is 5.06. The highest BCUT2D eigenvalue weighted by Gasteiger charge is 2.42. The van der Waals surface area contributed by atoms with Gasteiger partial charge in [0.15, 0.2) is 0 Å². The van der Waals surface area contributed by atoms with Crippen molar-refractivity contribution in [3.8, 4) is 0 Å². The molecule has 2 aliphatic rings. The summed E-state index contributed by atoms with van der Waals surface area (Å²) in [6.07, 6.45) is 6.25. The van der Waals surface area contributed by atoms with E-state index in [-0.39, 0.29) is 11.5 Å². The van der Waals surface area contributed by atoms with E-state index in [9.17, 15) is 5.11 Å². The first-order chi connectivity index (χ1) is 9.20. The standard InChI is InChI=1S/C16H21ClO2/c17-14-6-2-1-5-13(14)15(18)12-7-10-19-16(11-12)8-3-4-9-16/h1-2,5-6,12,15,18H,3-4,7-11H2. The Bertz CT molecular complexity index is 440. The van der Waals surface area contributed by atoms with E-state index in [1.807, 2.05) is 24.3 Å². The van der Waals surface area contributed by atoms with Crippen molar-refractivity contribution in [2.45, 2.75) is 50.2 Å². The minimum Gasteiger partial charge on any atom is -0.388 e. The third kappa shape index (κ3) is 2.67. The van der Waals surface area contributed by atoms with Gasteiger partial charge in [-0.25, -0.2) is 0 Å². The molecule has 1 aromatic carbocycles. The predicted molar refractivity (Wildman–Crippen MR) is 76.3 cm³/mol. The molecule has 3 heteroatoms. The SMILES string of the molecule is OC(c1ccccc1Cl)C1CCOC2(CCCC2)C1.